The summed E-state index contributed by atoms with van der Waals surface area (Å²) >= 11 is 1.07. The van der Waals surface area contributed by atoms with Crippen LogP contribution >= 0.6 is 17.0 Å². The molecule has 69 valence electrons. The van der Waals surface area contributed by atoms with Crippen LogP contribution in [0.4, 0.5) is 13.2 Å². The van der Waals surface area contributed by atoms with Crippen LogP contribution in [0.3, 0.4) is 0 Å². The van der Waals surface area contributed by atoms with E-state index in [0.717, 1.165) is 41.0 Å². The molecule has 0 spiro atoms. The minimum absolute atomic E-state index is 0. The molecule has 0 amide bonds. The van der Waals surface area contributed by atoms with E-state index in [1.54, 1.807) is 0 Å². The Morgan fingerprint density at radius 3 is 1.85 bits per heavy atom. The van der Waals surface area contributed by atoms with Gasteiger partial charge in [-0.2, -0.15) is 0 Å². The fourth-order valence-electron chi connectivity index (χ4n) is 0.860. The fraction of sp³-hybridized carbons (Fsp3) is 0.250. The van der Waals surface area contributed by atoms with Crippen LogP contribution in [0.5, 0.6) is 0 Å². The molecule has 0 bridgehead atoms. The van der Waals surface area contributed by atoms with Crippen LogP contribution in [0.2, 0.25) is 0 Å². The van der Waals surface area contributed by atoms with Crippen LogP contribution in [-0.2, 0) is 29.5 Å². The molecule has 0 atom stereocenters. The van der Waals surface area contributed by atoms with Crippen molar-refractivity contribution in [2.75, 3.05) is 0 Å². The summed E-state index contributed by atoms with van der Waals surface area (Å²) in [5, 5.41) is 0.887. The minimum atomic E-state index is -4.21. The predicted octanol–water partition coefficient (Wildman–Crippen LogP) is 3.33. The number of rotatable bonds is 1. The van der Waals surface area contributed by atoms with Gasteiger partial charge in [0, 0.05) is 0 Å². The van der Waals surface area contributed by atoms with E-state index in [4.69, 9.17) is 0 Å². The number of hydrogen-bond donors (Lipinski definition) is 0. The van der Waals surface area contributed by atoms with Gasteiger partial charge in [-0.1, -0.05) is 0 Å². The van der Waals surface area contributed by atoms with Crippen molar-refractivity contribution in [2.45, 2.75) is 11.2 Å². The Morgan fingerprint density at radius 2 is 1.54 bits per heavy atom. The molecule has 0 aliphatic rings. The van der Waals surface area contributed by atoms with E-state index in [0.29, 0.717) is 0 Å². The van der Waals surface area contributed by atoms with Gasteiger partial charge in [-0.05, 0) is 0 Å². The zero-order chi connectivity index (χ0) is 9.19. The maximum atomic E-state index is 12.0. The summed E-state index contributed by atoms with van der Waals surface area (Å²) in [6.45, 7) is 0. The number of hydrogen-bond acceptors (Lipinski definition) is 0. The Kier molecular flexibility index (Phi) is 5.15. The third-order valence-electron chi connectivity index (χ3n) is 1.57. The molecular formula is C8H7BrF3Zn. The summed E-state index contributed by atoms with van der Waals surface area (Å²) in [4.78, 5) is 0. The fourth-order valence-corrected chi connectivity index (χ4v) is 1.56. The molecule has 0 unspecified atom stereocenters. The van der Waals surface area contributed by atoms with Crippen molar-refractivity contribution < 1.29 is 31.5 Å². The van der Waals surface area contributed by atoms with Gasteiger partial charge in [0.05, 0.1) is 0 Å². The molecule has 0 aliphatic heterocycles. The summed E-state index contributed by atoms with van der Waals surface area (Å²) in [5.74, 6) is 0. The van der Waals surface area contributed by atoms with Gasteiger partial charge in [-0.25, -0.2) is 0 Å². The molecular weight excluding hydrogens is 298 g/mol. The molecule has 1 aromatic carbocycles. The second kappa shape index (κ2) is 5.11. The van der Waals surface area contributed by atoms with Crippen molar-refractivity contribution in [3.8, 4) is 0 Å². The molecule has 0 N–H and O–H groups in total. The topological polar surface area (TPSA) is 0 Å². The molecule has 0 saturated carbocycles. The van der Waals surface area contributed by atoms with Crippen molar-refractivity contribution in [3.63, 3.8) is 0 Å². The first kappa shape index (κ1) is 13.1. The first-order valence-corrected chi connectivity index (χ1v) is 5.59. The monoisotopic (exact) mass is 303 g/mol. The van der Waals surface area contributed by atoms with Gasteiger partial charge in [0.2, 0.25) is 0 Å². The summed E-state index contributed by atoms with van der Waals surface area (Å²) in [6, 6.07) is 5.33. The molecule has 0 nitrogen and oxygen atoms in total. The van der Waals surface area contributed by atoms with Crippen LogP contribution in [0.25, 0.3) is 0 Å². The van der Waals surface area contributed by atoms with Gasteiger partial charge in [-0.15, -0.1) is 17.0 Å². The van der Waals surface area contributed by atoms with Crippen molar-refractivity contribution >= 4 is 17.0 Å². The van der Waals surface area contributed by atoms with Crippen molar-refractivity contribution in [1.29, 1.82) is 0 Å². The van der Waals surface area contributed by atoms with E-state index < -0.39 is 11.7 Å². The summed E-state index contributed by atoms with van der Waals surface area (Å²) in [7, 11) is 0. The van der Waals surface area contributed by atoms with Gasteiger partial charge >= 0.3 is 78.1 Å². The number of benzene rings is 1. The van der Waals surface area contributed by atoms with Crippen LogP contribution in [-0.4, -0.2) is 0 Å². The Morgan fingerprint density at radius 1 is 1.08 bits per heavy atom. The van der Waals surface area contributed by atoms with Gasteiger partial charge in [0.15, 0.2) is 0 Å². The first-order chi connectivity index (χ1) is 5.54. The molecule has 5 heteroatoms. The van der Waals surface area contributed by atoms with E-state index in [1.807, 2.05) is 0 Å². The standard InChI is InChI=1S/C8H6F3.BrH.Zn/c1-6-2-4-7(5-3-6)8(9,10)11;;/h2-5H,1H2;1H;. The zero-order valence-corrected chi connectivity index (χ0v) is 11.4. The number of halogens is 4. The van der Waals surface area contributed by atoms with Gasteiger partial charge in [-0.3, -0.25) is 0 Å². The summed E-state index contributed by atoms with van der Waals surface area (Å²) in [5.41, 5.74) is 0.405. The maximum absolute atomic E-state index is 12.0. The van der Waals surface area contributed by atoms with E-state index in [-0.39, 0.29) is 17.0 Å². The SMILES string of the molecule is Br.FC(F)(F)c1ccc([CH2][Zn])cc1. The Hall–Kier alpha value is 0.113. The Labute approximate surface area is 95.0 Å². The normalized spacial score (nSPS) is 10.8. The quantitative estimate of drug-likeness (QED) is 0.698. The Balaban J connectivity index is 0.00000144. The molecule has 1 rings (SSSR count). The molecule has 0 radical (unpaired) electrons. The van der Waals surface area contributed by atoms with Crippen LogP contribution < -0.4 is 0 Å². The molecule has 0 aromatic heterocycles. The van der Waals surface area contributed by atoms with Gasteiger partial charge in [0.1, 0.15) is 0 Å². The molecule has 0 aliphatic carbocycles. The predicted molar refractivity (Wildman–Crippen MR) is 45.5 cm³/mol. The molecule has 0 heterocycles. The second-order valence-electron chi connectivity index (χ2n) is 2.44. The first-order valence-electron chi connectivity index (χ1n) is 3.49. The van der Waals surface area contributed by atoms with Crippen LogP contribution in [0.1, 0.15) is 11.1 Å². The van der Waals surface area contributed by atoms with Gasteiger partial charge < -0.3 is 0 Å². The van der Waals surface area contributed by atoms with Crippen LogP contribution in [0, 0.1) is 0 Å². The summed E-state index contributed by atoms with van der Waals surface area (Å²) < 4.78 is 36.1. The molecule has 1 aromatic rings. The van der Waals surface area contributed by atoms with Crippen molar-refractivity contribution in [2.24, 2.45) is 0 Å². The van der Waals surface area contributed by atoms with Gasteiger partial charge in [0.25, 0.3) is 0 Å². The third-order valence-corrected chi connectivity index (χ3v) is 2.78. The van der Waals surface area contributed by atoms with E-state index in [1.165, 1.54) is 12.1 Å². The average molecular weight is 305 g/mol. The van der Waals surface area contributed by atoms with E-state index in [2.05, 4.69) is 0 Å². The van der Waals surface area contributed by atoms with Crippen LogP contribution in [0.15, 0.2) is 24.3 Å². The second-order valence-corrected chi connectivity index (χ2v) is 3.49. The molecule has 13 heavy (non-hydrogen) atoms. The molecule has 0 fully saturated rings. The van der Waals surface area contributed by atoms with E-state index in [9.17, 15) is 13.2 Å². The Bertz CT molecular complexity index is 255. The third kappa shape index (κ3) is 3.78. The zero-order valence-electron chi connectivity index (χ0n) is 6.77. The number of alkyl halides is 3. The summed E-state index contributed by atoms with van der Waals surface area (Å²) in [6.07, 6.45) is -4.21. The van der Waals surface area contributed by atoms with Crippen molar-refractivity contribution in [1.82, 2.24) is 0 Å². The average Bonchev–Trinajstić information content (AvgIpc) is 2.03. The van der Waals surface area contributed by atoms with Crippen molar-refractivity contribution in [3.05, 3.63) is 35.4 Å². The van der Waals surface area contributed by atoms with E-state index >= 15 is 0 Å². The molecule has 0 saturated heterocycles.